The van der Waals surface area contributed by atoms with Crippen LogP contribution >= 0.6 is 0 Å². The number of hydrogen-bond acceptors (Lipinski definition) is 4. The van der Waals surface area contributed by atoms with Gasteiger partial charge in [0.2, 0.25) is 0 Å². The Morgan fingerprint density at radius 3 is 1.68 bits per heavy atom. The molecule has 0 unspecified atom stereocenters. The minimum absolute atomic E-state index is 0.103. The average molecular weight is 380 g/mol. The summed E-state index contributed by atoms with van der Waals surface area (Å²) >= 11 is 0. The van der Waals surface area contributed by atoms with Crippen molar-refractivity contribution in [2.45, 2.75) is 52.2 Å². The van der Waals surface area contributed by atoms with E-state index in [9.17, 15) is 9.59 Å². The molecule has 148 valence electrons. The van der Waals surface area contributed by atoms with Crippen LogP contribution in [0.5, 0.6) is 0 Å². The maximum absolute atomic E-state index is 12.6. The van der Waals surface area contributed by atoms with Crippen LogP contribution in [0.3, 0.4) is 0 Å². The summed E-state index contributed by atoms with van der Waals surface area (Å²) < 4.78 is 11.6. The third kappa shape index (κ3) is 5.00. The van der Waals surface area contributed by atoms with Gasteiger partial charge in [-0.1, -0.05) is 57.2 Å². The summed E-state index contributed by atoms with van der Waals surface area (Å²) in [4.78, 5) is 25.1. The topological polar surface area (TPSA) is 52.6 Å². The Morgan fingerprint density at radius 2 is 1.21 bits per heavy atom. The molecule has 0 bridgehead atoms. The first-order chi connectivity index (χ1) is 13.3. The molecule has 4 nitrogen and oxygen atoms in total. The Kier molecular flexibility index (Phi) is 6.18. The van der Waals surface area contributed by atoms with E-state index in [4.69, 9.17) is 9.47 Å². The minimum atomic E-state index is -0.446. The number of esters is 2. The number of benzene rings is 2. The molecule has 0 radical (unpaired) electrons. The van der Waals surface area contributed by atoms with Gasteiger partial charge in [0.1, 0.15) is 12.2 Å². The molecule has 1 fully saturated rings. The van der Waals surface area contributed by atoms with Crippen LogP contribution in [-0.2, 0) is 9.47 Å². The van der Waals surface area contributed by atoms with E-state index < -0.39 is 12.2 Å². The Bertz CT molecular complexity index is 792. The van der Waals surface area contributed by atoms with Crippen LogP contribution in [0.25, 0.3) is 0 Å². The molecule has 28 heavy (non-hydrogen) atoms. The van der Waals surface area contributed by atoms with Gasteiger partial charge in [-0.05, 0) is 54.9 Å². The van der Waals surface area contributed by atoms with Crippen LogP contribution in [-0.4, -0.2) is 24.1 Å². The lowest BCUT2D eigenvalue weighted by Gasteiger charge is -2.40. The van der Waals surface area contributed by atoms with E-state index in [1.54, 1.807) is 36.4 Å². The summed E-state index contributed by atoms with van der Waals surface area (Å²) in [6.45, 7) is 6.60. The Labute approximate surface area is 166 Å². The fraction of sp³-hybridized carbons (Fsp3) is 0.417. The number of carbonyl (C=O) groups excluding carboxylic acids is 2. The molecule has 0 amide bonds. The van der Waals surface area contributed by atoms with Gasteiger partial charge in [-0.3, -0.25) is 0 Å². The van der Waals surface area contributed by atoms with Crippen LogP contribution in [0, 0.1) is 11.3 Å². The lowest BCUT2D eigenvalue weighted by molar-refractivity contribution is -0.0712. The highest BCUT2D eigenvalue weighted by Crippen LogP contribution is 2.40. The van der Waals surface area contributed by atoms with Crippen molar-refractivity contribution in [3.05, 3.63) is 71.8 Å². The molecule has 4 heteroatoms. The van der Waals surface area contributed by atoms with Crippen molar-refractivity contribution in [1.29, 1.82) is 0 Å². The highest BCUT2D eigenvalue weighted by molar-refractivity contribution is 5.90. The van der Waals surface area contributed by atoms with Crippen molar-refractivity contribution >= 4 is 11.9 Å². The first-order valence-electron chi connectivity index (χ1n) is 9.86. The van der Waals surface area contributed by atoms with Gasteiger partial charge in [-0.15, -0.1) is 0 Å². The quantitative estimate of drug-likeness (QED) is 0.677. The molecule has 0 N–H and O–H groups in total. The van der Waals surface area contributed by atoms with Gasteiger partial charge in [-0.2, -0.15) is 0 Å². The van der Waals surface area contributed by atoms with Crippen molar-refractivity contribution in [2.75, 3.05) is 0 Å². The zero-order valence-electron chi connectivity index (χ0n) is 16.8. The maximum atomic E-state index is 12.6. The summed E-state index contributed by atoms with van der Waals surface area (Å²) in [6, 6.07) is 17.9. The zero-order valence-corrected chi connectivity index (χ0v) is 16.8. The molecule has 2 aromatic rings. The van der Waals surface area contributed by atoms with E-state index in [-0.39, 0.29) is 17.4 Å². The number of ether oxygens (including phenoxy) is 2. The summed E-state index contributed by atoms with van der Waals surface area (Å²) in [7, 11) is 0. The van der Waals surface area contributed by atoms with Gasteiger partial charge >= 0.3 is 11.9 Å². The van der Waals surface area contributed by atoms with Crippen molar-refractivity contribution in [1.82, 2.24) is 0 Å². The molecule has 0 aromatic heterocycles. The molecule has 1 aliphatic rings. The summed E-state index contributed by atoms with van der Waals surface area (Å²) in [5.41, 5.74) is 1.12. The van der Waals surface area contributed by atoms with E-state index in [1.165, 1.54) is 0 Å². The molecule has 0 saturated heterocycles. The number of carbonyl (C=O) groups is 2. The van der Waals surface area contributed by atoms with Crippen molar-refractivity contribution in [3.63, 3.8) is 0 Å². The molecular formula is C24H28O4. The van der Waals surface area contributed by atoms with Gasteiger partial charge in [0.15, 0.2) is 0 Å². The molecule has 0 aliphatic heterocycles. The van der Waals surface area contributed by atoms with Crippen molar-refractivity contribution in [2.24, 2.45) is 11.3 Å². The summed E-state index contributed by atoms with van der Waals surface area (Å²) in [6.07, 6.45) is 1.44. The first-order valence-corrected chi connectivity index (χ1v) is 9.86. The van der Waals surface area contributed by atoms with E-state index in [0.717, 1.165) is 6.42 Å². The van der Waals surface area contributed by atoms with Crippen LogP contribution in [0.4, 0.5) is 0 Å². The third-order valence-corrected chi connectivity index (χ3v) is 5.49. The van der Waals surface area contributed by atoms with Crippen LogP contribution < -0.4 is 0 Å². The standard InChI is InChI=1S/C24H28O4/c1-24(2,3)19-14-15-20(27-22(25)17-10-6-4-7-11-17)21(16-19)28-23(26)18-12-8-5-9-13-18/h4-13,19-21H,14-16H2,1-3H3/t19-,20-,21+/m0/s1. The van der Waals surface area contributed by atoms with Crippen LogP contribution in [0.2, 0.25) is 0 Å². The maximum Gasteiger partial charge on any atom is 0.338 e. The Balaban J connectivity index is 1.75. The fourth-order valence-corrected chi connectivity index (χ4v) is 3.71. The predicted molar refractivity (Wildman–Crippen MR) is 108 cm³/mol. The molecule has 1 saturated carbocycles. The predicted octanol–water partition coefficient (Wildman–Crippen LogP) is 5.28. The van der Waals surface area contributed by atoms with Crippen molar-refractivity contribution < 1.29 is 19.1 Å². The minimum Gasteiger partial charge on any atom is -0.455 e. The Morgan fingerprint density at radius 1 is 0.750 bits per heavy atom. The highest BCUT2D eigenvalue weighted by atomic mass is 16.6. The normalized spacial score (nSPS) is 22.3. The van der Waals surface area contributed by atoms with E-state index >= 15 is 0 Å². The van der Waals surface area contributed by atoms with E-state index in [0.29, 0.717) is 29.9 Å². The second kappa shape index (κ2) is 8.59. The lowest BCUT2D eigenvalue weighted by atomic mass is 9.71. The number of hydrogen-bond donors (Lipinski definition) is 0. The average Bonchev–Trinajstić information content (AvgIpc) is 2.69. The molecule has 1 aliphatic carbocycles. The smallest absolute Gasteiger partial charge is 0.338 e. The van der Waals surface area contributed by atoms with Gasteiger partial charge < -0.3 is 9.47 Å². The van der Waals surface area contributed by atoms with Crippen LogP contribution in [0.1, 0.15) is 60.7 Å². The lowest BCUT2D eigenvalue weighted by Crippen LogP contribution is -2.43. The third-order valence-electron chi connectivity index (χ3n) is 5.49. The van der Waals surface area contributed by atoms with Crippen LogP contribution in [0.15, 0.2) is 60.7 Å². The summed E-state index contributed by atoms with van der Waals surface area (Å²) in [5, 5.41) is 0. The molecule has 3 atom stereocenters. The number of rotatable bonds is 4. The fourth-order valence-electron chi connectivity index (χ4n) is 3.71. The highest BCUT2D eigenvalue weighted by Gasteiger charge is 2.40. The van der Waals surface area contributed by atoms with E-state index in [1.807, 2.05) is 24.3 Å². The molecule has 3 rings (SSSR count). The SMILES string of the molecule is CC(C)(C)[C@H]1CC[C@H](OC(=O)c2ccccc2)[C@H](OC(=O)c2ccccc2)C1. The van der Waals surface area contributed by atoms with E-state index in [2.05, 4.69) is 20.8 Å². The second-order valence-electron chi connectivity index (χ2n) is 8.50. The van der Waals surface area contributed by atoms with Gasteiger partial charge in [0, 0.05) is 0 Å². The second-order valence-corrected chi connectivity index (χ2v) is 8.50. The van der Waals surface area contributed by atoms with Gasteiger partial charge in [0.05, 0.1) is 11.1 Å². The molecule has 2 aromatic carbocycles. The molecule has 0 spiro atoms. The summed E-state index contributed by atoms with van der Waals surface area (Å²) in [5.74, 6) is -0.353. The molecular weight excluding hydrogens is 352 g/mol. The van der Waals surface area contributed by atoms with Crippen molar-refractivity contribution in [3.8, 4) is 0 Å². The van der Waals surface area contributed by atoms with Gasteiger partial charge in [-0.25, -0.2) is 9.59 Å². The van der Waals surface area contributed by atoms with Gasteiger partial charge in [0.25, 0.3) is 0 Å². The Hall–Kier alpha value is -2.62. The molecule has 0 heterocycles. The monoisotopic (exact) mass is 380 g/mol. The first kappa shape index (κ1) is 20.1. The zero-order chi connectivity index (χ0) is 20.1. The largest absolute Gasteiger partial charge is 0.455 e.